The van der Waals surface area contributed by atoms with E-state index in [0.29, 0.717) is 19.0 Å². The Hall–Kier alpha value is -3.35. The van der Waals surface area contributed by atoms with Crippen LogP contribution < -0.4 is 15.4 Å². The highest BCUT2D eigenvalue weighted by Crippen LogP contribution is 2.23. The molecule has 0 radical (unpaired) electrons. The number of hydrogen-bond donors (Lipinski definition) is 2. The molecule has 7 nitrogen and oxygen atoms in total. The maximum Gasteiger partial charge on any atom is 0.191 e. The van der Waals surface area contributed by atoms with Crippen molar-refractivity contribution in [1.29, 1.82) is 0 Å². The topological polar surface area (TPSA) is 76.4 Å². The number of rotatable bonds is 7. The molecule has 3 aromatic rings. The normalized spacial score (nSPS) is 11.9. The van der Waals surface area contributed by atoms with E-state index in [4.69, 9.17) is 9.73 Å². The van der Waals surface area contributed by atoms with Crippen LogP contribution in [-0.4, -0.2) is 32.9 Å². The zero-order valence-electron chi connectivity index (χ0n) is 18.1. The Morgan fingerprint density at radius 1 is 1.03 bits per heavy atom. The highest BCUT2D eigenvalue weighted by Gasteiger charge is 2.14. The first-order valence-electron chi connectivity index (χ1n) is 10.2. The second kappa shape index (κ2) is 9.91. The minimum absolute atomic E-state index is 0.260. The van der Waals surface area contributed by atoms with Crippen molar-refractivity contribution < 1.29 is 4.74 Å². The van der Waals surface area contributed by atoms with Gasteiger partial charge >= 0.3 is 0 Å². The highest BCUT2D eigenvalue weighted by atomic mass is 16.5. The predicted molar refractivity (Wildman–Crippen MR) is 120 cm³/mol. The van der Waals surface area contributed by atoms with Gasteiger partial charge in [0, 0.05) is 17.8 Å². The van der Waals surface area contributed by atoms with E-state index in [0.717, 1.165) is 29.4 Å². The summed E-state index contributed by atoms with van der Waals surface area (Å²) in [5, 5.41) is 14.9. The van der Waals surface area contributed by atoms with Gasteiger partial charge in [-0.25, -0.2) is 4.99 Å². The Bertz CT molecular complexity index is 959. The van der Waals surface area contributed by atoms with Gasteiger partial charge in [0.2, 0.25) is 0 Å². The number of guanidine groups is 1. The van der Waals surface area contributed by atoms with Crippen molar-refractivity contribution in [3.63, 3.8) is 0 Å². The number of aromatic nitrogens is 3. The zero-order chi connectivity index (χ0) is 21.4. The fourth-order valence-electron chi connectivity index (χ4n) is 2.92. The summed E-state index contributed by atoms with van der Waals surface area (Å²) in [4.78, 5) is 4.73. The van der Waals surface area contributed by atoms with E-state index in [2.05, 4.69) is 20.8 Å². The van der Waals surface area contributed by atoms with Gasteiger partial charge in [-0.05, 0) is 45.9 Å². The fourth-order valence-corrected chi connectivity index (χ4v) is 2.92. The van der Waals surface area contributed by atoms with Crippen LogP contribution in [-0.2, 0) is 13.1 Å². The summed E-state index contributed by atoms with van der Waals surface area (Å²) in [5.74, 6) is 2.38. The Morgan fingerprint density at radius 3 is 2.50 bits per heavy atom. The molecule has 158 valence electrons. The van der Waals surface area contributed by atoms with Gasteiger partial charge in [0.15, 0.2) is 11.8 Å². The van der Waals surface area contributed by atoms with Crippen molar-refractivity contribution >= 4 is 5.96 Å². The lowest BCUT2D eigenvalue weighted by Crippen LogP contribution is -2.37. The summed E-state index contributed by atoms with van der Waals surface area (Å²) in [7, 11) is 0. The van der Waals surface area contributed by atoms with E-state index in [-0.39, 0.29) is 5.60 Å². The molecule has 0 amide bonds. The number of benzene rings is 2. The standard InChI is InChI=1S/C23H30N6O/c1-5-24-22(25-15-18-11-9-10-14-20(18)30-23(2,3)4)26-16-21-28-27-17-29(21)19-12-7-6-8-13-19/h6-14,17H,5,15-16H2,1-4H3,(H2,24,25,26). The van der Waals surface area contributed by atoms with E-state index in [1.54, 1.807) is 6.33 Å². The van der Waals surface area contributed by atoms with E-state index >= 15 is 0 Å². The lowest BCUT2D eigenvalue weighted by atomic mass is 10.1. The molecule has 0 atom stereocenters. The van der Waals surface area contributed by atoms with Crippen LogP contribution >= 0.6 is 0 Å². The number of ether oxygens (including phenoxy) is 1. The van der Waals surface area contributed by atoms with Gasteiger partial charge in [-0.15, -0.1) is 10.2 Å². The molecule has 0 saturated heterocycles. The maximum atomic E-state index is 6.08. The molecule has 1 aromatic heterocycles. The third-order valence-electron chi connectivity index (χ3n) is 4.21. The predicted octanol–water partition coefficient (Wildman–Crippen LogP) is 3.70. The molecule has 0 unspecified atom stereocenters. The third kappa shape index (κ3) is 6.07. The molecule has 7 heteroatoms. The second-order valence-electron chi connectivity index (χ2n) is 7.82. The molecule has 0 bridgehead atoms. The number of hydrogen-bond acceptors (Lipinski definition) is 4. The smallest absolute Gasteiger partial charge is 0.191 e. The van der Waals surface area contributed by atoms with Gasteiger partial charge in [0.1, 0.15) is 17.7 Å². The SMILES string of the molecule is CCNC(=NCc1ccccc1OC(C)(C)C)NCc1nncn1-c1ccccc1. The molecule has 0 aliphatic heterocycles. The molecule has 0 aliphatic carbocycles. The van der Waals surface area contributed by atoms with Crippen LogP contribution in [0.25, 0.3) is 5.69 Å². The number of nitrogens with zero attached hydrogens (tertiary/aromatic N) is 4. The van der Waals surface area contributed by atoms with Gasteiger partial charge in [0.25, 0.3) is 0 Å². The van der Waals surface area contributed by atoms with E-state index in [1.165, 1.54) is 0 Å². The van der Waals surface area contributed by atoms with Gasteiger partial charge in [0.05, 0.1) is 13.1 Å². The molecule has 0 saturated carbocycles. The Kier molecular flexibility index (Phi) is 7.06. The maximum absolute atomic E-state index is 6.08. The van der Waals surface area contributed by atoms with Gasteiger partial charge in [-0.3, -0.25) is 4.57 Å². The average molecular weight is 407 g/mol. The average Bonchev–Trinajstić information content (AvgIpc) is 3.19. The quantitative estimate of drug-likeness (QED) is 0.462. The van der Waals surface area contributed by atoms with E-state index in [1.807, 2.05) is 86.9 Å². The molecule has 3 rings (SSSR count). The molecule has 1 heterocycles. The Labute approximate surface area is 178 Å². The van der Waals surface area contributed by atoms with Crippen molar-refractivity contribution in [2.45, 2.75) is 46.4 Å². The van der Waals surface area contributed by atoms with Crippen LogP contribution in [0.5, 0.6) is 5.75 Å². The summed E-state index contributed by atoms with van der Waals surface area (Å²) in [6.45, 7) is 9.94. The molecular formula is C23H30N6O. The summed E-state index contributed by atoms with van der Waals surface area (Å²) >= 11 is 0. The largest absolute Gasteiger partial charge is 0.488 e. The molecule has 0 spiro atoms. The van der Waals surface area contributed by atoms with Crippen LogP contribution in [0, 0.1) is 0 Å². The fraction of sp³-hybridized carbons (Fsp3) is 0.348. The number of para-hydroxylation sites is 2. The molecule has 30 heavy (non-hydrogen) atoms. The van der Waals surface area contributed by atoms with E-state index < -0.39 is 0 Å². The minimum atomic E-state index is -0.260. The molecule has 2 aromatic carbocycles. The molecule has 0 aliphatic rings. The Balaban J connectivity index is 1.71. The Morgan fingerprint density at radius 2 is 1.77 bits per heavy atom. The van der Waals surface area contributed by atoms with Gasteiger partial charge in [-0.2, -0.15) is 0 Å². The first-order valence-corrected chi connectivity index (χ1v) is 10.2. The van der Waals surface area contributed by atoms with Crippen molar-refractivity contribution in [1.82, 2.24) is 25.4 Å². The van der Waals surface area contributed by atoms with Crippen LogP contribution in [0.1, 0.15) is 39.1 Å². The molecule has 2 N–H and O–H groups in total. The first-order chi connectivity index (χ1) is 14.5. The van der Waals surface area contributed by atoms with Gasteiger partial charge < -0.3 is 15.4 Å². The lowest BCUT2D eigenvalue weighted by Gasteiger charge is -2.23. The highest BCUT2D eigenvalue weighted by molar-refractivity contribution is 5.79. The summed E-state index contributed by atoms with van der Waals surface area (Å²) in [5.41, 5.74) is 1.80. The first kappa shape index (κ1) is 21.4. The third-order valence-corrected chi connectivity index (χ3v) is 4.21. The van der Waals surface area contributed by atoms with Crippen LogP contribution in [0.2, 0.25) is 0 Å². The van der Waals surface area contributed by atoms with Crippen LogP contribution in [0.15, 0.2) is 65.9 Å². The summed E-state index contributed by atoms with van der Waals surface area (Å²) in [6, 6.07) is 18.0. The minimum Gasteiger partial charge on any atom is -0.488 e. The van der Waals surface area contributed by atoms with Crippen LogP contribution in [0.3, 0.4) is 0 Å². The van der Waals surface area contributed by atoms with Crippen molar-refractivity contribution in [2.75, 3.05) is 6.54 Å². The summed E-state index contributed by atoms with van der Waals surface area (Å²) < 4.78 is 8.04. The summed E-state index contributed by atoms with van der Waals surface area (Å²) in [6.07, 6.45) is 1.72. The van der Waals surface area contributed by atoms with Crippen LogP contribution in [0.4, 0.5) is 0 Å². The van der Waals surface area contributed by atoms with Crippen molar-refractivity contribution in [2.24, 2.45) is 4.99 Å². The number of aliphatic imine (C=N–C) groups is 1. The second-order valence-corrected chi connectivity index (χ2v) is 7.82. The van der Waals surface area contributed by atoms with Crippen molar-refractivity contribution in [3.05, 3.63) is 72.3 Å². The zero-order valence-corrected chi connectivity index (χ0v) is 18.1. The molecular weight excluding hydrogens is 376 g/mol. The monoisotopic (exact) mass is 406 g/mol. The lowest BCUT2D eigenvalue weighted by molar-refractivity contribution is 0.129. The van der Waals surface area contributed by atoms with Crippen molar-refractivity contribution in [3.8, 4) is 11.4 Å². The van der Waals surface area contributed by atoms with Gasteiger partial charge in [-0.1, -0.05) is 36.4 Å². The van der Waals surface area contributed by atoms with E-state index in [9.17, 15) is 0 Å². The molecule has 0 fully saturated rings. The number of nitrogens with one attached hydrogen (secondary N) is 2.